The van der Waals surface area contributed by atoms with Crippen LogP contribution in [0.4, 0.5) is 79.0 Å². The molecule has 0 saturated heterocycles. The van der Waals surface area contributed by atoms with Crippen molar-refractivity contribution in [2.24, 2.45) is 0 Å². The van der Waals surface area contributed by atoms with Gasteiger partial charge < -0.3 is 0 Å². The molecular weight excluding hydrogens is 534 g/mol. The Kier molecular flexibility index (Phi) is 6.82. The summed E-state index contributed by atoms with van der Waals surface area (Å²) < 4.78 is 236. The van der Waals surface area contributed by atoms with Gasteiger partial charge in [0.2, 0.25) is 0 Å². The van der Waals surface area contributed by atoms with E-state index < -0.39 is 82.3 Å². The number of rotatable bonds is 6. The van der Waals surface area contributed by atoms with Gasteiger partial charge >= 0.3 is 47.9 Å². The van der Waals surface area contributed by atoms with E-state index in [4.69, 9.17) is 0 Å². The average Bonchev–Trinajstić information content (AvgIpc) is 2.60. The van der Waals surface area contributed by atoms with Crippen LogP contribution in [0.3, 0.4) is 0 Å². The molecule has 0 saturated carbocycles. The summed E-state index contributed by atoms with van der Waals surface area (Å²) in [6.07, 6.45) is -14.5. The van der Waals surface area contributed by atoms with Gasteiger partial charge in [0.05, 0.1) is 0 Å². The van der Waals surface area contributed by atoms with Gasteiger partial charge in [-0.25, -0.2) is 0 Å². The summed E-state index contributed by atoms with van der Waals surface area (Å²) in [6.45, 7) is 0.0359. The fourth-order valence-corrected chi connectivity index (χ4v) is 2.58. The van der Waals surface area contributed by atoms with Gasteiger partial charge in [-0.1, -0.05) is 0 Å². The highest BCUT2D eigenvalue weighted by atomic mass is 19.4. The average molecular weight is 542 g/mol. The Bertz CT molecular complexity index is 841. The van der Waals surface area contributed by atoms with Crippen LogP contribution in [0.25, 0.3) is 0 Å². The predicted molar refractivity (Wildman–Crippen MR) is 75.6 cm³/mol. The summed E-state index contributed by atoms with van der Waals surface area (Å²) in [5, 5.41) is 0. The van der Waals surface area contributed by atoms with E-state index in [-0.39, 0.29) is 13.8 Å². The molecule has 0 radical (unpaired) electrons. The monoisotopic (exact) mass is 542 g/mol. The maximum absolute atomic E-state index is 14.1. The minimum absolute atomic E-state index is 0.0180. The molecule has 198 valence electrons. The van der Waals surface area contributed by atoms with Gasteiger partial charge in [0.1, 0.15) is 0 Å². The van der Waals surface area contributed by atoms with Crippen molar-refractivity contribution in [3.63, 3.8) is 0 Å². The van der Waals surface area contributed by atoms with Gasteiger partial charge in [-0.05, 0) is 37.1 Å². The first-order chi connectivity index (χ1) is 14.5. The van der Waals surface area contributed by atoms with Crippen LogP contribution >= 0.6 is 0 Å². The van der Waals surface area contributed by atoms with Crippen molar-refractivity contribution in [2.45, 2.75) is 61.7 Å². The molecule has 0 unspecified atom stereocenters. The highest BCUT2D eigenvalue weighted by molar-refractivity contribution is 5.44. The van der Waals surface area contributed by atoms with E-state index in [1.807, 2.05) is 0 Å². The van der Waals surface area contributed by atoms with E-state index in [9.17, 15) is 79.0 Å². The Labute approximate surface area is 176 Å². The third kappa shape index (κ3) is 3.93. The van der Waals surface area contributed by atoms with Crippen molar-refractivity contribution < 1.29 is 79.0 Å². The van der Waals surface area contributed by atoms with Crippen LogP contribution in [0.5, 0.6) is 0 Å². The lowest BCUT2D eigenvalue weighted by atomic mass is 9.86. The lowest BCUT2D eigenvalue weighted by molar-refractivity contribution is -0.400. The highest BCUT2D eigenvalue weighted by Gasteiger charge is 2.83. The van der Waals surface area contributed by atoms with Crippen LogP contribution in [0.1, 0.15) is 22.3 Å². The van der Waals surface area contributed by atoms with E-state index in [0.29, 0.717) is 0 Å². The summed E-state index contributed by atoms with van der Waals surface area (Å²) in [7, 11) is 0. The molecule has 0 nitrogen and oxygen atoms in total. The first-order valence-electron chi connectivity index (χ1n) is 8.06. The molecule has 0 aliphatic carbocycles. The van der Waals surface area contributed by atoms with Crippen molar-refractivity contribution in [3.05, 3.63) is 34.4 Å². The number of aryl methyl sites for hydroxylation is 2. The van der Waals surface area contributed by atoms with Gasteiger partial charge in [-0.3, -0.25) is 0 Å². The minimum atomic E-state index is -7.42. The Hall–Kier alpha value is -2.04. The molecule has 0 spiro atoms. The minimum Gasteiger partial charge on any atom is -0.194 e. The normalized spacial score (nSPS) is 15.6. The lowest BCUT2D eigenvalue weighted by Gasteiger charge is -2.36. The van der Waals surface area contributed by atoms with Gasteiger partial charge in [0.15, 0.2) is 0 Å². The maximum Gasteiger partial charge on any atom is 0.460 e. The molecule has 0 N–H and O–H groups in total. The van der Waals surface area contributed by atoms with Crippen LogP contribution in [0.15, 0.2) is 12.1 Å². The number of hydrogen-bond acceptors (Lipinski definition) is 0. The van der Waals surface area contributed by atoms with Crippen molar-refractivity contribution in [3.8, 4) is 0 Å². The standard InChI is InChI=1S/C16H8F18/c1-5-3-8(10(19,20)12(23,24)14(27,28)16(32,33)34)6(2)4-7(5)9(17,18)11(21,22)13(25,26)15(29,30)31/h3-4H,1-2H3. The van der Waals surface area contributed by atoms with E-state index >= 15 is 0 Å². The van der Waals surface area contributed by atoms with Gasteiger partial charge in [-0.2, -0.15) is 79.0 Å². The van der Waals surface area contributed by atoms with E-state index in [1.54, 1.807) is 0 Å². The topological polar surface area (TPSA) is 0 Å². The second kappa shape index (κ2) is 7.73. The highest BCUT2D eigenvalue weighted by Crippen LogP contribution is 2.59. The van der Waals surface area contributed by atoms with E-state index in [2.05, 4.69) is 0 Å². The summed E-state index contributed by atoms with van der Waals surface area (Å²) in [5.74, 6) is -42.5. The van der Waals surface area contributed by atoms with Crippen LogP contribution in [-0.2, 0) is 11.8 Å². The second-order valence-electron chi connectivity index (χ2n) is 6.92. The van der Waals surface area contributed by atoms with Crippen LogP contribution in [-0.4, -0.2) is 36.0 Å². The first-order valence-corrected chi connectivity index (χ1v) is 8.06. The summed E-state index contributed by atoms with van der Waals surface area (Å²) in [6, 6.07) is -1.47. The molecule has 0 aliphatic heterocycles. The van der Waals surface area contributed by atoms with Crippen LogP contribution < -0.4 is 0 Å². The quantitative estimate of drug-likeness (QED) is 0.319. The Morgan fingerprint density at radius 3 is 0.765 bits per heavy atom. The first kappa shape index (κ1) is 30.0. The van der Waals surface area contributed by atoms with Gasteiger partial charge in [0, 0.05) is 11.1 Å². The summed E-state index contributed by atoms with van der Waals surface area (Å²) >= 11 is 0. The summed E-state index contributed by atoms with van der Waals surface area (Å²) in [5.41, 5.74) is -8.78. The molecule has 0 aromatic heterocycles. The zero-order chi connectivity index (χ0) is 27.7. The predicted octanol–water partition coefficient (Wildman–Crippen LogP) is 8.15. The SMILES string of the molecule is Cc1cc(C(F)(F)C(F)(F)C(F)(F)C(F)(F)F)c(C)cc1C(F)(F)C(F)(F)C(F)(F)C(F)(F)F. The Morgan fingerprint density at radius 1 is 0.382 bits per heavy atom. The molecule has 0 aliphatic rings. The number of halogens is 18. The zero-order valence-electron chi connectivity index (χ0n) is 16.0. The van der Waals surface area contributed by atoms with Crippen molar-refractivity contribution in [1.29, 1.82) is 0 Å². The number of benzene rings is 1. The van der Waals surface area contributed by atoms with Gasteiger partial charge in [-0.15, -0.1) is 0 Å². The van der Waals surface area contributed by atoms with E-state index in [0.717, 1.165) is 0 Å². The molecule has 34 heavy (non-hydrogen) atoms. The van der Waals surface area contributed by atoms with Crippen molar-refractivity contribution in [1.82, 2.24) is 0 Å². The van der Waals surface area contributed by atoms with E-state index in [1.165, 1.54) is 0 Å². The largest absolute Gasteiger partial charge is 0.460 e. The molecule has 0 atom stereocenters. The number of alkyl halides is 18. The van der Waals surface area contributed by atoms with Gasteiger partial charge in [0.25, 0.3) is 0 Å². The molecule has 0 fully saturated rings. The van der Waals surface area contributed by atoms with Crippen molar-refractivity contribution in [2.75, 3.05) is 0 Å². The smallest absolute Gasteiger partial charge is 0.194 e. The summed E-state index contributed by atoms with van der Waals surface area (Å²) in [4.78, 5) is 0. The fraction of sp³-hybridized carbons (Fsp3) is 0.625. The third-order valence-electron chi connectivity index (χ3n) is 4.54. The molecule has 18 heteroatoms. The Balaban J connectivity index is 3.79. The van der Waals surface area contributed by atoms with Crippen LogP contribution in [0.2, 0.25) is 0 Å². The Morgan fingerprint density at radius 2 is 0.588 bits per heavy atom. The molecular formula is C16H8F18. The second-order valence-corrected chi connectivity index (χ2v) is 6.92. The molecule has 1 aromatic rings. The van der Waals surface area contributed by atoms with Crippen LogP contribution in [0, 0.1) is 13.8 Å². The third-order valence-corrected chi connectivity index (χ3v) is 4.54. The molecule has 1 aromatic carbocycles. The molecule has 0 bridgehead atoms. The fourth-order valence-electron chi connectivity index (χ4n) is 2.58. The number of hydrogen-bond donors (Lipinski definition) is 0. The molecule has 0 amide bonds. The lowest BCUT2D eigenvalue weighted by Crippen LogP contribution is -2.60. The zero-order valence-corrected chi connectivity index (χ0v) is 16.0. The molecule has 1 rings (SSSR count). The maximum atomic E-state index is 14.1. The molecule has 0 heterocycles. The van der Waals surface area contributed by atoms with Crippen molar-refractivity contribution >= 4 is 0 Å².